The van der Waals surface area contributed by atoms with E-state index >= 15 is 0 Å². The van der Waals surface area contributed by atoms with Crippen molar-refractivity contribution in [1.82, 2.24) is 9.78 Å². The summed E-state index contributed by atoms with van der Waals surface area (Å²) < 4.78 is 15.2. The zero-order valence-corrected chi connectivity index (χ0v) is 10.9. The Kier molecular flexibility index (Phi) is 2.49. The average molecular weight is 267 g/mol. The quantitative estimate of drug-likeness (QED) is 0.732. The van der Waals surface area contributed by atoms with E-state index in [1.54, 1.807) is 6.07 Å². The smallest absolute Gasteiger partial charge is 0.132 e. The fourth-order valence-electron chi connectivity index (χ4n) is 2.87. The summed E-state index contributed by atoms with van der Waals surface area (Å²) in [7, 11) is 0. The van der Waals surface area contributed by atoms with Crippen molar-refractivity contribution in [2.75, 3.05) is 11.9 Å². The van der Waals surface area contributed by atoms with Gasteiger partial charge in [-0.1, -0.05) is 30.3 Å². The molecule has 0 fully saturated rings. The number of anilines is 1. The lowest BCUT2D eigenvalue weighted by atomic mass is 9.98. The van der Waals surface area contributed by atoms with E-state index in [0.29, 0.717) is 11.4 Å². The van der Waals surface area contributed by atoms with Crippen LogP contribution in [0.3, 0.4) is 0 Å². The molecule has 1 N–H and O–H groups in total. The van der Waals surface area contributed by atoms with Crippen LogP contribution in [0, 0.1) is 5.82 Å². The molecule has 1 aromatic heterocycles. The van der Waals surface area contributed by atoms with Crippen LogP contribution in [0.5, 0.6) is 0 Å². The Labute approximate surface area is 116 Å². The molecule has 0 saturated carbocycles. The molecule has 0 saturated heterocycles. The Morgan fingerprint density at radius 1 is 1.15 bits per heavy atom. The van der Waals surface area contributed by atoms with Gasteiger partial charge in [-0.25, -0.2) is 9.07 Å². The maximum atomic E-state index is 13.3. The first-order valence-electron chi connectivity index (χ1n) is 6.76. The van der Waals surface area contributed by atoms with E-state index < -0.39 is 0 Å². The second-order valence-electron chi connectivity index (χ2n) is 5.18. The Morgan fingerprint density at radius 2 is 2.00 bits per heavy atom. The van der Waals surface area contributed by atoms with Gasteiger partial charge in [-0.05, 0) is 17.7 Å². The van der Waals surface area contributed by atoms with Gasteiger partial charge in [-0.2, -0.15) is 5.10 Å². The van der Waals surface area contributed by atoms with Crippen molar-refractivity contribution < 1.29 is 4.39 Å². The number of hydrogen-bond donors (Lipinski definition) is 1. The minimum Gasteiger partial charge on any atom is -0.369 e. The van der Waals surface area contributed by atoms with Crippen LogP contribution in [-0.2, 0) is 6.54 Å². The molecule has 1 atom stereocenters. The van der Waals surface area contributed by atoms with Crippen LogP contribution < -0.4 is 5.32 Å². The van der Waals surface area contributed by atoms with Gasteiger partial charge in [0.05, 0.1) is 12.1 Å². The molecule has 20 heavy (non-hydrogen) atoms. The first kappa shape index (κ1) is 11.5. The molecule has 3 nitrogen and oxygen atoms in total. The average Bonchev–Trinajstić information content (AvgIpc) is 2.84. The first-order chi connectivity index (χ1) is 9.81. The summed E-state index contributed by atoms with van der Waals surface area (Å²) in [5, 5.41) is 8.92. The van der Waals surface area contributed by atoms with Gasteiger partial charge in [0.25, 0.3) is 0 Å². The molecule has 4 rings (SSSR count). The van der Waals surface area contributed by atoms with Gasteiger partial charge in [0.1, 0.15) is 11.6 Å². The normalized spacial score (nSPS) is 17.8. The highest BCUT2D eigenvalue weighted by molar-refractivity contribution is 5.90. The van der Waals surface area contributed by atoms with Gasteiger partial charge in [0, 0.05) is 23.9 Å². The Balaban J connectivity index is 1.75. The maximum absolute atomic E-state index is 13.3. The maximum Gasteiger partial charge on any atom is 0.132 e. The summed E-state index contributed by atoms with van der Waals surface area (Å²) >= 11 is 0. The Morgan fingerprint density at radius 3 is 2.85 bits per heavy atom. The molecule has 100 valence electrons. The Bertz CT molecular complexity index is 764. The minimum atomic E-state index is -0.243. The number of halogens is 1. The monoisotopic (exact) mass is 267 g/mol. The van der Waals surface area contributed by atoms with Gasteiger partial charge in [-0.3, -0.25) is 0 Å². The lowest BCUT2D eigenvalue weighted by Crippen LogP contribution is -2.26. The van der Waals surface area contributed by atoms with Crippen LogP contribution in [0.15, 0.2) is 48.5 Å². The van der Waals surface area contributed by atoms with E-state index in [2.05, 4.69) is 34.7 Å². The van der Waals surface area contributed by atoms with Gasteiger partial charge in [0.15, 0.2) is 0 Å². The van der Waals surface area contributed by atoms with Crippen molar-refractivity contribution in [2.24, 2.45) is 0 Å². The van der Waals surface area contributed by atoms with Crippen molar-refractivity contribution >= 4 is 16.7 Å². The first-order valence-corrected chi connectivity index (χ1v) is 6.76. The Hall–Kier alpha value is -2.36. The van der Waals surface area contributed by atoms with Crippen molar-refractivity contribution in [2.45, 2.75) is 12.5 Å². The van der Waals surface area contributed by atoms with Crippen LogP contribution in [0.25, 0.3) is 10.9 Å². The summed E-state index contributed by atoms with van der Waals surface area (Å²) in [5.74, 6) is 1.14. The largest absolute Gasteiger partial charge is 0.369 e. The van der Waals surface area contributed by atoms with Crippen LogP contribution >= 0.6 is 0 Å². The zero-order valence-electron chi connectivity index (χ0n) is 10.9. The van der Waals surface area contributed by atoms with E-state index in [1.165, 1.54) is 17.7 Å². The van der Waals surface area contributed by atoms with Gasteiger partial charge in [0.2, 0.25) is 0 Å². The fourth-order valence-corrected chi connectivity index (χ4v) is 2.87. The number of rotatable bonds is 1. The number of nitrogens with one attached hydrogen (secondary N) is 1. The molecule has 4 heteroatoms. The molecule has 0 radical (unpaired) electrons. The molecule has 2 aromatic carbocycles. The molecule has 1 aliphatic heterocycles. The second-order valence-corrected chi connectivity index (χ2v) is 5.18. The second kappa shape index (κ2) is 4.34. The molecule has 1 unspecified atom stereocenters. The highest BCUT2D eigenvalue weighted by Gasteiger charge is 2.22. The summed E-state index contributed by atoms with van der Waals surface area (Å²) in [6, 6.07) is 15.2. The van der Waals surface area contributed by atoms with E-state index in [1.807, 2.05) is 10.7 Å². The van der Waals surface area contributed by atoms with Crippen molar-refractivity contribution in [3.63, 3.8) is 0 Å². The van der Waals surface area contributed by atoms with Gasteiger partial charge < -0.3 is 5.32 Å². The molecular weight excluding hydrogens is 253 g/mol. The van der Waals surface area contributed by atoms with E-state index in [9.17, 15) is 4.39 Å². The molecule has 0 spiro atoms. The predicted octanol–water partition coefficient (Wildman–Crippen LogP) is 3.38. The summed E-state index contributed by atoms with van der Waals surface area (Å²) in [4.78, 5) is 0. The summed E-state index contributed by atoms with van der Waals surface area (Å²) in [5.41, 5.74) is 2.01. The number of aromatic nitrogens is 2. The fraction of sp³-hybridized carbons (Fsp3) is 0.188. The highest BCUT2D eigenvalue weighted by atomic mass is 19.1. The minimum absolute atomic E-state index is 0.243. The molecule has 3 aromatic rings. The zero-order chi connectivity index (χ0) is 13.5. The lowest BCUT2D eigenvalue weighted by Gasteiger charge is -2.25. The highest BCUT2D eigenvalue weighted by Crippen LogP contribution is 2.31. The number of hydrogen-bond acceptors (Lipinski definition) is 2. The number of benzene rings is 2. The third kappa shape index (κ3) is 1.76. The molecule has 1 aliphatic rings. The topological polar surface area (TPSA) is 29.9 Å². The third-order valence-corrected chi connectivity index (χ3v) is 3.88. The molecule has 2 heterocycles. The van der Waals surface area contributed by atoms with Crippen LogP contribution in [0.4, 0.5) is 10.2 Å². The van der Waals surface area contributed by atoms with Crippen molar-refractivity contribution in [3.05, 3.63) is 59.9 Å². The van der Waals surface area contributed by atoms with Crippen LogP contribution in [-0.4, -0.2) is 16.3 Å². The van der Waals surface area contributed by atoms with Crippen LogP contribution in [0.2, 0.25) is 0 Å². The summed E-state index contributed by atoms with van der Waals surface area (Å²) in [6.07, 6.45) is 0. The van der Waals surface area contributed by atoms with Crippen molar-refractivity contribution in [3.8, 4) is 0 Å². The number of nitrogens with zero attached hydrogens (tertiary/aromatic N) is 2. The summed E-state index contributed by atoms with van der Waals surface area (Å²) in [6.45, 7) is 1.70. The van der Waals surface area contributed by atoms with E-state index in [4.69, 9.17) is 0 Å². The third-order valence-electron chi connectivity index (χ3n) is 3.88. The van der Waals surface area contributed by atoms with Crippen molar-refractivity contribution in [1.29, 1.82) is 0 Å². The number of fused-ring (bicyclic) bond motifs is 3. The van der Waals surface area contributed by atoms with Gasteiger partial charge >= 0.3 is 0 Å². The molecule has 0 aliphatic carbocycles. The van der Waals surface area contributed by atoms with Crippen LogP contribution in [0.1, 0.15) is 11.5 Å². The predicted molar refractivity (Wildman–Crippen MR) is 77.4 cm³/mol. The van der Waals surface area contributed by atoms with E-state index in [0.717, 1.165) is 24.3 Å². The molecule has 0 amide bonds. The standard InChI is InChI=1S/C16H14FN3/c17-13-6-7-14-15(8-13)19-20-10-12(9-18-16(14)20)11-4-2-1-3-5-11/h1-8,12,18H,9-10H2. The SMILES string of the molecule is Fc1ccc2c3n(nc2c1)CC(c1ccccc1)CN3. The lowest BCUT2D eigenvalue weighted by molar-refractivity contribution is 0.509. The molecule has 0 bridgehead atoms. The molecular formula is C16H14FN3. The van der Waals surface area contributed by atoms with Gasteiger partial charge in [-0.15, -0.1) is 0 Å². The van der Waals surface area contributed by atoms with E-state index in [-0.39, 0.29) is 5.82 Å².